The van der Waals surface area contributed by atoms with Gasteiger partial charge in [-0.3, -0.25) is 0 Å². The first kappa shape index (κ1) is 14.5. The number of benzene rings is 2. The van der Waals surface area contributed by atoms with E-state index in [2.05, 4.69) is 0 Å². The van der Waals surface area contributed by atoms with Crippen LogP contribution in [0.25, 0.3) is 0 Å². The zero-order valence-electron chi connectivity index (χ0n) is 11.6. The summed E-state index contributed by atoms with van der Waals surface area (Å²) in [5.74, 6) is 2.23. The Morgan fingerprint density at radius 3 is 2.30 bits per heavy atom. The first-order valence-electron chi connectivity index (χ1n) is 6.35. The van der Waals surface area contributed by atoms with Gasteiger partial charge in [0.2, 0.25) is 0 Å². The van der Waals surface area contributed by atoms with E-state index in [1.165, 1.54) is 0 Å². The molecule has 2 rings (SSSR count). The molecule has 0 aliphatic carbocycles. The third-order valence-corrected chi connectivity index (χ3v) is 2.99. The number of rotatable bonds is 6. The molecule has 0 heterocycles. The highest BCUT2D eigenvalue weighted by Crippen LogP contribution is 2.27. The van der Waals surface area contributed by atoms with E-state index in [1.807, 2.05) is 37.3 Å². The van der Waals surface area contributed by atoms with E-state index in [9.17, 15) is 0 Å². The summed E-state index contributed by atoms with van der Waals surface area (Å²) in [6, 6.07) is 13.1. The van der Waals surface area contributed by atoms with Crippen LogP contribution in [0.5, 0.6) is 17.2 Å². The molecule has 3 nitrogen and oxygen atoms in total. The fraction of sp³-hybridized carbons (Fsp3) is 0.250. The fourth-order valence-corrected chi connectivity index (χ4v) is 1.86. The van der Waals surface area contributed by atoms with Gasteiger partial charge in [-0.1, -0.05) is 17.7 Å². The van der Waals surface area contributed by atoms with E-state index >= 15 is 0 Å². The van der Waals surface area contributed by atoms with Gasteiger partial charge >= 0.3 is 0 Å². The van der Waals surface area contributed by atoms with Gasteiger partial charge in [-0.2, -0.15) is 0 Å². The van der Waals surface area contributed by atoms with Crippen molar-refractivity contribution in [3.8, 4) is 17.2 Å². The Morgan fingerprint density at radius 2 is 1.60 bits per heavy atom. The number of methoxy groups -OCH3 is 1. The van der Waals surface area contributed by atoms with Crippen molar-refractivity contribution < 1.29 is 14.2 Å². The first-order valence-corrected chi connectivity index (χ1v) is 6.72. The van der Waals surface area contributed by atoms with Crippen molar-refractivity contribution in [1.29, 1.82) is 0 Å². The molecule has 0 N–H and O–H groups in total. The molecule has 0 spiro atoms. The third kappa shape index (κ3) is 4.07. The van der Waals surface area contributed by atoms with Crippen LogP contribution >= 0.6 is 11.6 Å². The number of hydrogen-bond acceptors (Lipinski definition) is 3. The Kier molecular flexibility index (Phi) is 5.13. The molecular weight excluding hydrogens is 276 g/mol. The van der Waals surface area contributed by atoms with Crippen molar-refractivity contribution in [2.45, 2.75) is 6.92 Å². The van der Waals surface area contributed by atoms with Gasteiger partial charge in [-0.25, -0.2) is 0 Å². The molecule has 0 saturated heterocycles. The normalized spacial score (nSPS) is 10.2. The van der Waals surface area contributed by atoms with Crippen LogP contribution in [0, 0.1) is 6.92 Å². The molecule has 0 bridgehead atoms. The second kappa shape index (κ2) is 7.06. The zero-order valence-corrected chi connectivity index (χ0v) is 12.3. The predicted octanol–water partition coefficient (Wildman–Crippen LogP) is 4.11. The molecule has 0 fully saturated rings. The molecule has 0 aliphatic rings. The van der Waals surface area contributed by atoms with E-state index in [1.54, 1.807) is 19.2 Å². The van der Waals surface area contributed by atoms with Crippen molar-refractivity contribution in [3.05, 3.63) is 53.1 Å². The van der Waals surface area contributed by atoms with Crippen LogP contribution in [0.2, 0.25) is 5.02 Å². The van der Waals surface area contributed by atoms with Crippen molar-refractivity contribution in [1.82, 2.24) is 0 Å². The average molecular weight is 293 g/mol. The molecule has 0 unspecified atom stereocenters. The van der Waals surface area contributed by atoms with Crippen molar-refractivity contribution in [3.63, 3.8) is 0 Å². The highest BCUT2D eigenvalue weighted by atomic mass is 35.5. The minimum Gasteiger partial charge on any atom is -0.493 e. The van der Waals surface area contributed by atoms with Gasteiger partial charge < -0.3 is 14.2 Å². The van der Waals surface area contributed by atoms with Crippen LogP contribution in [0.15, 0.2) is 42.5 Å². The Bertz CT molecular complexity index is 552. The monoisotopic (exact) mass is 292 g/mol. The maximum Gasteiger partial charge on any atom is 0.161 e. The second-order valence-electron chi connectivity index (χ2n) is 4.31. The SMILES string of the molecule is COc1cc(C)ccc1OCCOc1ccc(Cl)cc1. The van der Waals surface area contributed by atoms with Crippen LogP contribution < -0.4 is 14.2 Å². The van der Waals surface area contributed by atoms with Gasteiger partial charge in [0.25, 0.3) is 0 Å². The summed E-state index contributed by atoms with van der Waals surface area (Å²) in [5.41, 5.74) is 1.13. The summed E-state index contributed by atoms with van der Waals surface area (Å²) >= 11 is 5.81. The third-order valence-electron chi connectivity index (χ3n) is 2.74. The van der Waals surface area contributed by atoms with Gasteiger partial charge in [0.05, 0.1) is 7.11 Å². The molecule has 20 heavy (non-hydrogen) atoms. The Balaban J connectivity index is 1.82. The fourth-order valence-electron chi connectivity index (χ4n) is 1.74. The number of hydrogen-bond donors (Lipinski definition) is 0. The van der Waals surface area contributed by atoms with E-state index in [-0.39, 0.29) is 0 Å². The van der Waals surface area contributed by atoms with Crippen LogP contribution in [-0.2, 0) is 0 Å². The Morgan fingerprint density at radius 1 is 0.900 bits per heavy atom. The lowest BCUT2D eigenvalue weighted by Gasteiger charge is -2.12. The largest absolute Gasteiger partial charge is 0.493 e. The van der Waals surface area contributed by atoms with Gasteiger partial charge in [0.15, 0.2) is 11.5 Å². The van der Waals surface area contributed by atoms with E-state index in [4.69, 9.17) is 25.8 Å². The topological polar surface area (TPSA) is 27.7 Å². The van der Waals surface area contributed by atoms with E-state index < -0.39 is 0 Å². The summed E-state index contributed by atoms with van der Waals surface area (Å²) in [5, 5.41) is 0.693. The lowest BCUT2D eigenvalue weighted by molar-refractivity contribution is 0.211. The first-order chi connectivity index (χ1) is 9.69. The van der Waals surface area contributed by atoms with Crippen molar-refractivity contribution in [2.24, 2.45) is 0 Å². The van der Waals surface area contributed by atoms with Gasteiger partial charge in [-0.15, -0.1) is 0 Å². The molecule has 2 aromatic rings. The highest BCUT2D eigenvalue weighted by molar-refractivity contribution is 6.30. The maximum atomic E-state index is 5.81. The molecule has 0 aromatic heterocycles. The molecule has 0 radical (unpaired) electrons. The molecule has 0 saturated carbocycles. The summed E-state index contributed by atoms with van der Waals surface area (Å²) in [6.45, 7) is 2.91. The maximum absolute atomic E-state index is 5.81. The molecular formula is C16H17ClO3. The van der Waals surface area contributed by atoms with Gasteiger partial charge in [-0.05, 0) is 48.9 Å². The average Bonchev–Trinajstić information content (AvgIpc) is 2.46. The van der Waals surface area contributed by atoms with E-state index in [0.29, 0.717) is 18.2 Å². The van der Waals surface area contributed by atoms with Crippen LogP contribution in [-0.4, -0.2) is 20.3 Å². The van der Waals surface area contributed by atoms with Crippen LogP contribution in [0.3, 0.4) is 0 Å². The molecule has 2 aromatic carbocycles. The number of halogens is 1. The van der Waals surface area contributed by atoms with Gasteiger partial charge in [0.1, 0.15) is 19.0 Å². The quantitative estimate of drug-likeness (QED) is 0.750. The zero-order chi connectivity index (χ0) is 14.4. The summed E-state index contributed by atoms with van der Waals surface area (Å²) < 4.78 is 16.5. The van der Waals surface area contributed by atoms with Gasteiger partial charge in [0, 0.05) is 5.02 Å². The highest BCUT2D eigenvalue weighted by Gasteiger charge is 2.04. The molecule has 106 valence electrons. The minimum absolute atomic E-state index is 0.446. The molecule has 0 amide bonds. The predicted molar refractivity (Wildman–Crippen MR) is 80.2 cm³/mol. The van der Waals surface area contributed by atoms with E-state index in [0.717, 1.165) is 22.8 Å². The lowest BCUT2D eigenvalue weighted by Crippen LogP contribution is -2.09. The van der Waals surface area contributed by atoms with Crippen molar-refractivity contribution >= 4 is 11.6 Å². The summed E-state index contributed by atoms with van der Waals surface area (Å²) in [4.78, 5) is 0. The smallest absolute Gasteiger partial charge is 0.161 e. The minimum atomic E-state index is 0.446. The number of aryl methyl sites for hydroxylation is 1. The Labute approximate surface area is 124 Å². The van der Waals surface area contributed by atoms with Crippen molar-refractivity contribution in [2.75, 3.05) is 20.3 Å². The molecule has 0 aliphatic heterocycles. The number of ether oxygens (including phenoxy) is 3. The van der Waals surface area contributed by atoms with Crippen LogP contribution in [0.4, 0.5) is 0 Å². The standard InChI is InChI=1S/C16H17ClO3/c1-12-3-8-15(16(11-12)18-2)20-10-9-19-14-6-4-13(17)5-7-14/h3-8,11H,9-10H2,1-2H3. The molecule has 0 atom stereocenters. The lowest BCUT2D eigenvalue weighted by atomic mass is 10.2. The van der Waals surface area contributed by atoms with Crippen LogP contribution in [0.1, 0.15) is 5.56 Å². The Hall–Kier alpha value is -1.87. The molecule has 4 heteroatoms. The second-order valence-corrected chi connectivity index (χ2v) is 4.74. The summed E-state index contributed by atoms with van der Waals surface area (Å²) in [6.07, 6.45) is 0. The summed E-state index contributed by atoms with van der Waals surface area (Å²) in [7, 11) is 1.63.